The molecule has 0 saturated carbocycles. The Morgan fingerprint density at radius 3 is 2.59 bits per heavy atom. The Morgan fingerprint density at radius 2 is 1.89 bits per heavy atom. The number of thiophene rings is 1. The zero-order chi connectivity index (χ0) is 19.1. The molecule has 4 aromatic rings. The molecule has 2 aromatic carbocycles. The lowest BCUT2D eigenvalue weighted by Gasteiger charge is -2.05. The van der Waals surface area contributed by atoms with E-state index in [1.165, 1.54) is 23.5 Å². The topological polar surface area (TPSA) is 45.8 Å². The molecule has 4 rings (SSSR count). The Hall–Kier alpha value is -2.21. The van der Waals surface area contributed by atoms with Crippen molar-refractivity contribution in [2.24, 2.45) is 0 Å². The van der Waals surface area contributed by atoms with Crippen molar-refractivity contribution in [3.05, 3.63) is 84.9 Å². The summed E-state index contributed by atoms with van der Waals surface area (Å²) in [7, 11) is 0. The van der Waals surface area contributed by atoms with E-state index in [2.05, 4.69) is 9.97 Å². The summed E-state index contributed by atoms with van der Waals surface area (Å²) in [5, 5.41) is 1.60. The summed E-state index contributed by atoms with van der Waals surface area (Å²) in [4.78, 5) is 21.9. The monoisotopic (exact) mass is 418 g/mol. The van der Waals surface area contributed by atoms with Crippen LogP contribution in [0.3, 0.4) is 0 Å². The maximum Gasteiger partial charge on any atom is 0.260 e. The van der Waals surface area contributed by atoms with Crippen LogP contribution in [0.25, 0.3) is 21.3 Å². The number of rotatable bonds is 3. The van der Waals surface area contributed by atoms with Crippen LogP contribution in [-0.4, -0.2) is 9.97 Å². The fraction of sp³-hybridized carbons (Fsp3) is 0.100. The van der Waals surface area contributed by atoms with Gasteiger partial charge >= 0.3 is 0 Å². The molecule has 136 valence electrons. The van der Waals surface area contributed by atoms with E-state index in [1.54, 1.807) is 24.3 Å². The van der Waals surface area contributed by atoms with Gasteiger partial charge in [-0.15, -0.1) is 11.3 Å². The molecule has 0 aliphatic rings. The highest BCUT2D eigenvalue weighted by atomic mass is 35.5. The zero-order valence-corrected chi connectivity index (χ0v) is 16.5. The van der Waals surface area contributed by atoms with Gasteiger partial charge in [0, 0.05) is 26.9 Å². The van der Waals surface area contributed by atoms with Gasteiger partial charge in [-0.3, -0.25) is 4.79 Å². The van der Waals surface area contributed by atoms with Gasteiger partial charge in [-0.05, 0) is 42.3 Å². The molecule has 0 atom stereocenters. The second kappa shape index (κ2) is 7.08. The van der Waals surface area contributed by atoms with Gasteiger partial charge in [0.2, 0.25) is 0 Å². The van der Waals surface area contributed by atoms with Crippen LogP contribution in [0.15, 0.2) is 47.3 Å². The molecular weight excluding hydrogens is 406 g/mol. The molecule has 0 fully saturated rings. The third kappa shape index (κ3) is 3.50. The van der Waals surface area contributed by atoms with Gasteiger partial charge in [0.1, 0.15) is 16.5 Å². The number of nitrogens with one attached hydrogen (secondary N) is 1. The predicted molar refractivity (Wildman–Crippen MR) is 110 cm³/mol. The highest BCUT2D eigenvalue weighted by molar-refractivity contribution is 7.19. The van der Waals surface area contributed by atoms with E-state index >= 15 is 0 Å². The number of nitrogens with zero attached hydrogens (tertiary/aromatic N) is 1. The maximum absolute atomic E-state index is 13.2. The first-order chi connectivity index (χ1) is 12.9. The van der Waals surface area contributed by atoms with Crippen molar-refractivity contribution in [2.45, 2.75) is 13.3 Å². The van der Waals surface area contributed by atoms with Gasteiger partial charge < -0.3 is 4.98 Å². The molecule has 7 heteroatoms. The number of benzene rings is 2. The minimum absolute atomic E-state index is 0.219. The Balaban J connectivity index is 1.81. The quantitative estimate of drug-likeness (QED) is 0.443. The van der Waals surface area contributed by atoms with Crippen molar-refractivity contribution in [1.82, 2.24) is 9.97 Å². The van der Waals surface area contributed by atoms with Crippen molar-refractivity contribution in [3.63, 3.8) is 0 Å². The molecule has 3 nitrogen and oxygen atoms in total. The first-order valence-electron chi connectivity index (χ1n) is 8.14. The van der Waals surface area contributed by atoms with Gasteiger partial charge in [0.15, 0.2) is 0 Å². The lowest BCUT2D eigenvalue weighted by Crippen LogP contribution is -2.12. The van der Waals surface area contributed by atoms with Crippen LogP contribution in [0.4, 0.5) is 4.39 Å². The van der Waals surface area contributed by atoms with Crippen LogP contribution in [0.2, 0.25) is 10.0 Å². The standard InChI is InChI=1S/C20H13Cl2FN2OS/c1-10-17(11-3-6-14(23)7-4-11)18-19(26)24-16(25-20(18)27-10)8-12-2-5-13(21)9-15(12)22/h2-7,9H,8H2,1H3,(H,24,25,26). The summed E-state index contributed by atoms with van der Waals surface area (Å²) in [5.41, 5.74) is 2.19. The molecule has 0 amide bonds. The summed E-state index contributed by atoms with van der Waals surface area (Å²) in [6.45, 7) is 1.93. The number of halogens is 3. The Bertz CT molecular complexity index is 1220. The van der Waals surface area contributed by atoms with Crippen molar-refractivity contribution in [3.8, 4) is 11.1 Å². The number of aromatic amines is 1. The molecule has 0 spiro atoms. The van der Waals surface area contributed by atoms with Crippen LogP contribution < -0.4 is 5.56 Å². The van der Waals surface area contributed by atoms with Crippen molar-refractivity contribution >= 4 is 44.8 Å². The highest BCUT2D eigenvalue weighted by Gasteiger charge is 2.17. The molecular formula is C20H13Cl2FN2OS. The molecule has 0 radical (unpaired) electrons. The molecule has 2 aromatic heterocycles. The van der Waals surface area contributed by atoms with Crippen molar-refractivity contribution < 1.29 is 4.39 Å². The maximum atomic E-state index is 13.2. The molecule has 27 heavy (non-hydrogen) atoms. The average molecular weight is 419 g/mol. The molecule has 0 saturated heterocycles. The number of H-pyrrole nitrogens is 1. The van der Waals surface area contributed by atoms with Crippen molar-refractivity contribution in [2.75, 3.05) is 0 Å². The van der Waals surface area contributed by atoms with Crippen LogP contribution in [-0.2, 0) is 6.42 Å². The molecule has 0 aliphatic carbocycles. The number of hydrogen-bond donors (Lipinski definition) is 1. The summed E-state index contributed by atoms with van der Waals surface area (Å²) >= 11 is 13.6. The van der Waals surface area contributed by atoms with Crippen LogP contribution in [0, 0.1) is 12.7 Å². The normalized spacial score (nSPS) is 11.3. The predicted octanol–water partition coefficient (Wildman–Crippen LogP) is 6.00. The first-order valence-corrected chi connectivity index (χ1v) is 9.72. The van der Waals surface area contributed by atoms with Crippen LogP contribution >= 0.6 is 34.5 Å². The summed E-state index contributed by atoms with van der Waals surface area (Å²) < 4.78 is 13.2. The lowest BCUT2D eigenvalue weighted by atomic mass is 10.0. The summed E-state index contributed by atoms with van der Waals surface area (Å²) in [5.74, 6) is 0.216. The Kier molecular flexibility index (Phi) is 4.76. The Morgan fingerprint density at radius 1 is 1.15 bits per heavy atom. The largest absolute Gasteiger partial charge is 0.310 e. The molecule has 2 heterocycles. The minimum Gasteiger partial charge on any atom is -0.310 e. The second-order valence-corrected chi connectivity index (χ2v) is 8.19. The van der Waals surface area contributed by atoms with Gasteiger partial charge in [0.05, 0.1) is 5.39 Å². The summed E-state index contributed by atoms with van der Waals surface area (Å²) in [6, 6.07) is 11.3. The summed E-state index contributed by atoms with van der Waals surface area (Å²) in [6.07, 6.45) is 0.393. The fourth-order valence-corrected chi connectivity index (χ4v) is 4.60. The van der Waals surface area contributed by atoms with E-state index in [-0.39, 0.29) is 11.4 Å². The van der Waals surface area contributed by atoms with E-state index in [1.807, 2.05) is 13.0 Å². The first kappa shape index (κ1) is 18.2. The third-order valence-corrected chi connectivity index (χ3v) is 5.88. The number of aromatic nitrogens is 2. The number of hydrogen-bond acceptors (Lipinski definition) is 3. The third-order valence-electron chi connectivity index (χ3n) is 4.29. The molecule has 0 aliphatic heterocycles. The number of aryl methyl sites for hydroxylation is 1. The Labute approximate surface area is 168 Å². The SMILES string of the molecule is Cc1sc2nc(Cc3ccc(Cl)cc3Cl)[nH]c(=O)c2c1-c1ccc(F)cc1. The minimum atomic E-state index is -0.315. The number of fused-ring (bicyclic) bond motifs is 1. The van der Waals surface area contributed by atoms with Gasteiger partial charge in [0.25, 0.3) is 5.56 Å². The van der Waals surface area contributed by atoms with E-state index in [9.17, 15) is 9.18 Å². The van der Waals surface area contributed by atoms with Gasteiger partial charge in [-0.25, -0.2) is 9.37 Å². The lowest BCUT2D eigenvalue weighted by molar-refractivity contribution is 0.628. The van der Waals surface area contributed by atoms with E-state index < -0.39 is 0 Å². The second-order valence-electron chi connectivity index (χ2n) is 6.15. The van der Waals surface area contributed by atoms with Gasteiger partial charge in [-0.1, -0.05) is 41.4 Å². The van der Waals surface area contributed by atoms with E-state index in [4.69, 9.17) is 23.2 Å². The van der Waals surface area contributed by atoms with Crippen molar-refractivity contribution in [1.29, 1.82) is 0 Å². The highest BCUT2D eigenvalue weighted by Crippen LogP contribution is 2.35. The van der Waals surface area contributed by atoms with Crippen LogP contribution in [0.1, 0.15) is 16.3 Å². The molecule has 0 bridgehead atoms. The average Bonchev–Trinajstić information content (AvgIpc) is 2.95. The van der Waals surface area contributed by atoms with E-state index in [0.717, 1.165) is 21.6 Å². The molecule has 1 N–H and O–H groups in total. The fourth-order valence-electron chi connectivity index (χ4n) is 3.06. The van der Waals surface area contributed by atoms with Gasteiger partial charge in [-0.2, -0.15) is 0 Å². The zero-order valence-electron chi connectivity index (χ0n) is 14.1. The van der Waals surface area contributed by atoms with E-state index in [0.29, 0.717) is 32.5 Å². The smallest absolute Gasteiger partial charge is 0.260 e. The molecule has 0 unspecified atom stereocenters. The van der Waals surface area contributed by atoms with Crippen LogP contribution in [0.5, 0.6) is 0 Å².